The highest BCUT2D eigenvalue weighted by molar-refractivity contribution is 6.05. The Labute approximate surface area is 119 Å². The Kier molecular flexibility index (Phi) is 4.02. The van der Waals surface area contributed by atoms with E-state index in [9.17, 15) is 9.59 Å². The van der Waals surface area contributed by atoms with E-state index in [2.05, 4.69) is 10.5 Å². The smallest absolute Gasteiger partial charge is 0.271 e. The molecule has 1 amide bonds. The monoisotopic (exact) mass is 272 g/mol. The number of benzene rings is 1. The Hall–Kier alpha value is -1.97. The summed E-state index contributed by atoms with van der Waals surface area (Å²) < 4.78 is 0. The fourth-order valence-electron chi connectivity index (χ4n) is 2.60. The number of rotatable bonds is 2. The summed E-state index contributed by atoms with van der Waals surface area (Å²) >= 11 is 0. The lowest BCUT2D eigenvalue weighted by atomic mass is 9.76. The second-order valence-electron chi connectivity index (χ2n) is 6.17. The van der Waals surface area contributed by atoms with Crippen molar-refractivity contribution in [3.63, 3.8) is 0 Å². The lowest BCUT2D eigenvalue weighted by Crippen LogP contribution is -2.31. The topological polar surface area (TPSA) is 58.5 Å². The van der Waals surface area contributed by atoms with Crippen LogP contribution < -0.4 is 5.43 Å². The molecule has 1 aromatic rings. The van der Waals surface area contributed by atoms with Crippen molar-refractivity contribution in [3.05, 3.63) is 35.4 Å². The molecule has 1 fully saturated rings. The molecule has 1 aliphatic carbocycles. The number of amides is 1. The van der Waals surface area contributed by atoms with Crippen LogP contribution in [0.1, 0.15) is 49.0 Å². The number of nitrogens with zero attached hydrogens (tertiary/aromatic N) is 1. The minimum atomic E-state index is -0.230. The van der Waals surface area contributed by atoms with Gasteiger partial charge in [0, 0.05) is 24.1 Å². The van der Waals surface area contributed by atoms with Crippen LogP contribution in [0.4, 0.5) is 0 Å². The molecule has 106 valence electrons. The van der Waals surface area contributed by atoms with Gasteiger partial charge in [-0.25, -0.2) is 5.43 Å². The maximum absolute atomic E-state index is 12.0. The molecular weight excluding hydrogens is 252 g/mol. The first-order chi connectivity index (χ1) is 9.37. The van der Waals surface area contributed by atoms with Crippen LogP contribution in [-0.4, -0.2) is 17.4 Å². The molecule has 0 atom stereocenters. The largest absolute Gasteiger partial charge is 0.299 e. The van der Waals surface area contributed by atoms with Crippen LogP contribution in [-0.2, 0) is 4.79 Å². The molecule has 0 spiro atoms. The van der Waals surface area contributed by atoms with Crippen LogP contribution in [0.15, 0.2) is 29.4 Å². The van der Waals surface area contributed by atoms with Gasteiger partial charge in [0.2, 0.25) is 0 Å². The average Bonchev–Trinajstić information content (AvgIpc) is 2.34. The van der Waals surface area contributed by atoms with Crippen molar-refractivity contribution < 1.29 is 9.59 Å². The SMILES string of the molecule is Cc1ccccc1C(=O)N/N=C1/CC(=O)CC(C)(C)C1. The quantitative estimate of drug-likeness (QED) is 0.842. The maximum atomic E-state index is 12.0. The van der Waals surface area contributed by atoms with E-state index in [4.69, 9.17) is 0 Å². The molecular formula is C16H20N2O2. The highest BCUT2D eigenvalue weighted by atomic mass is 16.2. The summed E-state index contributed by atoms with van der Waals surface area (Å²) in [5.74, 6) is -0.0448. The third-order valence-corrected chi connectivity index (χ3v) is 3.46. The van der Waals surface area contributed by atoms with E-state index in [1.165, 1.54) is 0 Å². The van der Waals surface area contributed by atoms with Crippen LogP contribution in [0.25, 0.3) is 0 Å². The van der Waals surface area contributed by atoms with Crippen molar-refractivity contribution in [1.82, 2.24) is 5.43 Å². The van der Waals surface area contributed by atoms with Gasteiger partial charge in [-0.2, -0.15) is 5.10 Å². The molecule has 20 heavy (non-hydrogen) atoms. The molecule has 0 unspecified atom stereocenters. The number of hydrogen-bond donors (Lipinski definition) is 1. The second-order valence-corrected chi connectivity index (χ2v) is 6.17. The molecule has 2 rings (SSSR count). The standard InChI is InChI=1S/C16H20N2O2/c1-11-6-4-5-7-14(11)15(20)18-17-12-8-13(19)10-16(2,3)9-12/h4-7H,8-10H2,1-3H3,(H,18,20)/b17-12-. The fraction of sp³-hybridized carbons (Fsp3) is 0.438. The zero-order valence-electron chi connectivity index (χ0n) is 12.2. The van der Waals surface area contributed by atoms with Crippen molar-refractivity contribution in [2.24, 2.45) is 10.5 Å². The van der Waals surface area contributed by atoms with E-state index in [-0.39, 0.29) is 17.1 Å². The fourth-order valence-corrected chi connectivity index (χ4v) is 2.60. The number of carbonyl (C=O) groups excluding carboxylic acids is 2. The lowest BCUT2D eigenvalue weighted by Gasteiger charge is -2.29. The van der Waals surface area contributed by atoms with Gasteiger partial charge in [-0.15, -0.1) is 0 Å². The number of Topliss-reactive ketones (excluding diaryl/α,β-unsaturated/α-hetero) is 1. The summed E-state index contributed by atoms with van der Waals surface area (Å²) in [6.45, 7) is 5.97. The number of nitrogens with one attached hydrogen (secondary N) is 1. The molecule has 0 bridgehead atoms. The maximum Gasteiger partial charge on any atom is 0.271 e. The third kappa shape index (κ3) is 3.53. The molecule has 4 nitrogen and oxygen atoms in total. The van der Waals surface area contributed by atoms with E-state index >= 15 is 0 Å². The van der Waals surface area contributed by atoms with E-state index in [1.54, 1.807) is 6.07 Å². The van der Waals surface area contributed by atoms with Crippen LogP contribution in [0, 0.1) is 12.3 Å². The van der Waals surface area contributed by atoms with E-state index in [1.807, 2.05) is 39.0 Å². The third-order valence-electron chi connectivity index (χ3n) is 3.46. The summed E-state index contributed by atoms with van der Waals surface area (Å²) in [5, 5.41) is 4.14. The Morgan fingerprint density at radius 2 is 1.95 bits per heavy atom. The molecule has 1 N–H and O–H groups in total. The van der Waals surface area contributed by atoms with Gasteiger partial charge in [0.1, 0.15) is 5.78 Å². The molecule has 0 aliphatic heterocycles. The second kappa shape index (κ2) is 5.57. The van der Waals surface area contributed by atoms with Crippen molar-refractivity contribution in [3.8, 4) is 0 Å². The number of carbonyl (C=O) groups is 2. The molecule has 1 saturated carbocycles. The summed E-state index contributed by atoms with van der Waals surface area (Å²) in [6, 6.07) is 7.36. The van der Waals surface area contributed by atoms with Crippen molar-refractivity contribution in [2.45, 2.75) is 40.0 Å². The first-order valence-electron chi connectivity index (χ1n) is 6.80. The normalized spacial score (nSPS) is 19.9. The molecule has 0 saturated heterocycles. The average molecular weight is 272 g/mol. The van der Waals surface area contributed by atoms with Gasteiger partial charge in [0.25, 0.3) is 5.91 Å². The molecule has 0 heterocycles. The van der Waals surface area contributed by atoms with Gasteiger partial charge in [-0.1, -0.05) is 32.0 Å². The minimum Gasteiger partial charge on any atom is -0.299 e. The highest BCUT2D eigenvalue weighted by Crippen LogP contribution is 2.31. The molecule has 4 heteroatoms. The van der Waals surface area contributed by atoms with Gasteiger partial charge < -0.3 is 0 Å². The van der Waals surface area contributed by atoms with E-state index in [0.717, 1.165) is 17.7 Å². The van der Waals surface area contributed by atoms with E-state index in [0.29, 0.717) is 18.4 Å². The van der Waals surface area contributed by atoms with Gasteiger partial charge in [-0.3, -0.25) is 9.59 Å². The van der Waals surface area contributed by atoms with Gasteiger partial charge >= 0.3 is 0 Å². The van der Waals surface area contributed by atoms with Gasteiger partial charge in [0.05, 0.1) is 0 Å². The Morgan fingerprint density at radius 1 is 1.25 bits per heavy atom. The zero-order chi connectivity index (χ0) is 14.8. The number of hydrazone groups is 1. The minimum absolute atomic E-state index is 0.0679. The van der Waals surface area contributed by atoms with Crippen LogP contribution >= 0.6 is 0 Å². The van der Waals surface area contributed by atoms with Crippen molar-refractivity contribution >= 4 is 17.4 Å². The summed E-state index contributed by atoms with van der Waals surface area (Å²) in [4.78, 5) is 23.7. The van der Waals surface area contributed by atoms with Crippen LogP contribution in [0.3, 0.4) is 0 Å². The molecule has 1 aromatic carbocycles. The Bertz CT molecular complexity index is 574. The van der Waals surface area contributed by atoms with Gasteiger partial charge in [-0.05, 0) is 30.4 Å². The lowest BCUT2D eigenvalue weighted by molar-refractivity contribution is -0.120. The first-order valence-corrected chi connectivity index (χ1v) is 6.80. The summed E-state index contributed by atoms with van der Waals surface area (Å²) in [5.41, 5.74) is 4.77. The Morgan fingerprint density at radius 3 is 2.60 bits per heavy atom. The van der Waals surface area contributed by atoms with Crippen molar-refractivity contribution in [1.29, 1.82) is 0 Å². The van der Waals surface area contributed by atoms with E-state index < -0.39 is 0 Å². The Balaban J connectivity index is 2.08. The van der Waals surface area contributed by atoms with Crippen LogP contribution in [0.5, 0.6) is 0 Å². The molecule has 0 aromatic heterocycles. The summed E-state index contributed by atoms with van der Waals surface area (Å²) in [6.07, 6.45) is 1.67. The number of ketones is 1. The van der Waals surface area contributed by atoms with Crippen molar-refractivity contribution in [2.75, 3.05) is 0 Å². The molecule has 1 aliphatic rings. The summed E-state index contributed by atoms with van der Waals surface area (Å²) in [7, 11) is 0. The van der Waals surface area contributed by atoms with Crippen LogP contribution in [0.2, 0.25) is 0 Å². The van der Waals surface area contributed by atoms with Gasteiger partial charge in [0.15, 0.2) is 0 Å². The predicted octanol–water partition coefficient (Wildman–Crippen LogP) is 2.86. The highest BCUT2D eigenvalue weighted by Gasteiger charge is 2.30. The number of hydrogen-bond acceptors (Lipinski definition) is 3. The first kappa shape index (κ1) is 14.4. The molecule has 0 radical (unpaired) electrons. The zero-order valence-corrected chi connectivity index (χ0v) is 12.2. The predicted molar refractivity (Wildman–Crippen MR) is 78.7 cm³/mol. The number of aryl methyl sites for hydroxylation is 1.